The number of unbranched alkanes of at least 4 members (excludes halogenated alkanes) is 1. The van der Waals surface area contributed by atoms with E-state index in [-0.39, 0.29) is 18.2 Å². The number of carboxylic acid groups (broad SMARTS) is 1. The van der Waals surface area contributed by atoms with Crippen LogP contribution in [-0.2, 0) is 9.59 Å². The largest absolute Gasteiger partial charge is 0.481 e. The molecule has 0 aliphatic carbocycles. The highest BCUT2D eigenvalue weighted by atomic mass is 16.4. The van der Waals surface area contributed by atoms with Gasteiger partial charge in [0.1, 0.15) is 0 Å². The molecule has 0 aliphatic heterocycles. The highest BCUT2D eigenvalue weighted by Gasteiger charge is 2.24. The van der Waals surface area contributed by atoms with Crippen molar-refractivity contribution in [3.63, 3.8) is 0 Å². The van der Waals surface area contributed by atoms with Crippen molar-refractivity contribution in [3.8, 4) is 0 Å². The first kappa shape index (κ1) is 21.0. The standard InChI is InChI=1S/C20H32N2O3/c1-5-6-10-18(23)22(17-9-7-8-15(4)20(17)21)13-16(11-14(2)3)12-19(24)25/h7-9,14,16H,5-6,10-13,21H2,1-4H3,(H,24,25). The molecule has 0 fully saturated rings. The van der Waals surface area contributed by atoms with E-state index < -0.39 is 5.97 Å². The Morgan fingerprint density at radius 3 is 2.52 bits per heavy atom. The molecule has 0 saturated carbocycles. The third kappa shape index (κ3) is 6.77. The molecule has 1 aromatic carbocycles. The van der Waals surface area contributed by atoms with Crippen molar-refractivity contribution >= 4 is 23.3 Å². The minimum atomic E-state index is -0.830. The Hall–Kier alpha value is -2.04. The smallest absolute Gasteiger partial charge is 0.303 e. The maximum absolute atomic E-state index is 12.8. The molecule has 1 rings (SSSR count). The lowest BCUT2D eigenvalue weighted by Gasteiger charge is -2.29. The lowest BCUT2D eigenvalue weighted by molar-refractivity contribution is -0.138. The number of para-hydroxylation sites is 1. The lowest BCUT2D eigenvalue weighted by atomic mass is 9.93. The van der Waals surface area contributed by atoms with Crippen molar-refractivity contribution in [1.82, 2.24) is 0 Å². The Bertz CT molecular complexity index is 584. The monoisotopic (exact) mass is 348 g/mol. The van der Waals surface area contributed by atoms with Crippen LogP contribution in [0.25, 0.3) is 0 Å². The Morgan fingerprint density at radius 1 is 1.28 bits per heavy atom. The topological polar surface area (TPSA) is 83.6 Å². The molecule has 25 heavy (non-hydrogen) atoms. The summed E-state index contributed by atoms with van der Waals surface area (Å²) >= 11 is 0. The maximum Gasteiger partial charge on any atom is 0.303 e. The van der Waals surface area contributed by atoms with Crippen LogP contribution in [-0.4, -0.2) is 23.5 Å². The summed E-state index contributed by atoms with van der Waals surface area (Å²) in [6.07, 6.45) is 3.02. The highest BCUT2D eigenvalue weighted by Crippen LogP contribution is 2.29. The van der Waals surface area contributed by atoms with Crippen LogP contribution in [0.3, 0.4) is 0 Å². The number of hydrogen-bond acceptors (Lipinski definition) is 3. The normalized spacial score (nSPS) is 12.2. The Kier molecular flexibility index (Phi) is 8.46. The predicted molar refractivity (Wildman–Crippen MR) is 103 cm³/mol. The average molecular weight is 348 g/mol. The molecule has 0 radical (unpaired) electrons. The number of amides is 1. The van der Waals surface area contributed by atoms with Crippen LogP contribution in [0, 0.1) is 18.8 Å². The van der Waals surface area contributed by atoms with Crippen LogP contribution in [0.4, 0.5) is 11.4 Å². The molecule has 0 bridgehead atoms. The summed E-state index contributed by atoms with van der Waals surface area (Å²) in [5.41, 5.74) is 8.42. The molecule has 1 atom stereocenters. The Labute approximate surface area is 151 Å². The molecule has 0 heterocycles. The minimum absolute atomic E-state index is 0.0123. The summed E-state index contributed by atoms with van der Waals surface area (Å²) in [6.45, 7) is 8.49. The van der Waals surface area contributed by atoms with E-state index in [1.165, 1.54) is 0 Å². The van der Waals surface area contributed by atoms with Crippen molar-refractivity contribution in [3.05, 3.63) is 23.8 Å². The fourth-order valence-corrected chi connectivity index (χ4v) is 3.09. The van der Waals surface area contributed by atoms with E-state index in [1.54, 1.807) is 4.90 Å². The number of carbonyl (C=O) groups excluding carboxylic acids is 1. The van der Waals surface area contributed by atoms with Crippen molar-refractivity contribution in [2.24, 2.45) is 11.8 Å². The second-order valence-electron chi connectivity index (χ2n) is 7.21. The van der Waals surface area contributed by atoms with Crippen LogP contribution in [0.1, 0.15) is 58.4 Å². The molecule has 1 aromatic rings. The van der Waals surface area contributed by atoms with Crippen LogP contribution in [0.5, 0.6) is 0 Å². The molecular formula is C20H32N2O3. The summed E-state index contributed by atoms with van der Waals surface area (Å²) in [6, 6.07) is 5.64. The number of nitrogens with two attached hydrogens (primary N) is 1. The first-order chi connectivity index (χ1) is 11.8. The number of anilines is 2. The van der Waals surface area contributed by atoms with Gasteiger partial charge in [0.15, 0.2) is 0 Å². The zero-order valence-electron chi connectivity index (χ0n) is 15.9. The molecule has 0 spiro atoms. The predicted octanol–water partition coefficient (Wildman–Crippen LogP) is 4.24. The van der Waals surface area contributed by atoms with E-state index >= 15 is 0 Å². The van der Waals surface area contributed by atoms with Crippen LogP contribution >= 0.6 is 0 Å². The summed E-state index contributed by atoms with van der Waals surface area (Å²) in [5, 5.41) is 9.23. The van der Waals surface area contributed by atoms with Gasteiger partial charge in [0.25, 0.3) is 0 Å². The quantitative estimate of drug-likeness (QED) is 0.620. The van der Waals surface area contributed by atoms with Gasteiger partial charge in [0.05, 0.1) is 11.4 Å². The van der Waals surface area contributed by atoms with Crippen molar-refractivity contribution in [2.75, 3.05) is 17.2 Å². The van der Waals surface area contributed by atoms with Gasteiger partial charge in [-0.2, -0.15) is 0 Å². The van der Waals surface area contributed by atoms with Crippen LogP contribution < -0.4 is 10.6 Å². The van der Waals surface area contributed by atoms with E-state index in [9.17, 15) is 14.7 Å². The number of aliphatic carboxylic acids is 1. The molecule has 5 heteroatoms. The number of carboxylic acids is 1. The molecule has 0 saturated heterocycles. The first-order valence-electron chi connectivity index (χ1n) is 9.13. The van der Waals surface area contributed by atoms with Gasteiger partial charge < -0.3 is 15.7 Å². The van der Waals surface area contributed by atoms with Gasteiger partial charge in [-0.15, -0.1) is 0 Å². The number of nitrogen functional groups attached to an aromatic ring is 1. The number of nitrogens with zero attached hydrogens (tertiary/aromatic N) is 1. The average Bonchev–Trinajstić information content (AvgIpc) is 2.52. The fraction of sp³-hybridized carbons (Fsp3) is 0.600. The van der Waals surface area contributed by atoms with Crippen molar-refractivity contribution < 1.29 is 14.7 Å². The number of carbonyl (C=O) groups is 2. The van der Waals surface area contributed by atoms with Crippen molar-refractivity contribution in [2.45, 2.75) is 59.8 Å². The number of hydrogen-bond donors (Lipinski definition) is 2. The van der Waals surface area contributed by atoms with E-state index in [2.05, 4.69) is 13.8 Å². The SMILES string of the molecule is CCCCC(=O)N(CC(CC(=O)O)CC(C)C)c1cccc(C)c1N. The molecule has 0 aromatic heterocycles. The lowest BCUT2D eigenvalue weighted by Crippen LogP contribution is -2.37. The minimum Gasteiger partial charge on any atom is -0.481 e. The van der Waals surface area contributed by atoms with E-state index in [4.69, 9.17) is 5.73 Å². The molecule has 5 nitrogen and oxygen atoms in total. The van der Waals surface area contributed by atoms with Gasteiger partial charge in [-0.25, -0.2) is 0 Å². The maximum atomic E-state index is 12.8. The van der Waals surface area contributed by atoms with Gasteiger partial charge in [-0.3, -0.25) is 9.59 Å². The molecular weight excluding hydrogens is 316 g/mol. The van der Waals surface area contributed by atoms with Gasteiger partial charge in [-0.1, -0.05) is 39.3 Å². The van der Waals surface area contributed by atoms with E-state index in [1.807, 2.05) is 32.0 Å². The molecule has 0 aliphatic rings. The third-order valence-electron chi connectivity index (χ3n) is 4.35. The second kappa shape index (κ2) is 10.1. The zero-order chi connectivity index (χ0) is 19.0. The van der Waals surface area contributed by atoms with Gasteiger partial charge in [-0.05, 0) is 43.2 Å². The molecule has 140 valence electrons. The third-order valence-corrected chi connectivity index (χ3v) is 4.35. The number of aryl methyl sites for hydroxylation is 1. The second-order valence-corrected chi connectivity index (χ2v) is 7.21. The van der Waals surface area contributed by atoms with Crippen LogP contribution in [0.2, 0.25) is 0 Å². The van der Waals surface area contributed by atoms with Crippen molar-refractivity contribution in [1.29, 1.82) is 0 Å². The molecule has 1 unspecified atom stereocenters. The van der Waals surface area contributed by atoms with Crippen LogP contribution in [0.15, 0.2) is 18.2 Å². The first-order valence-corrected chi connectivity index (χ1v) is 9.13. The number of benzene rings is 1. The Morgan fingerprint density at radius 2 is 1.96 bits per heavy atom. The highest BCUT2D eigenvalue weighted by molar-refractivity contribution is 5.96. The zero-order valence-corrected chi connectivity index (χ0v) is 15.9. The summed E-state index contributed by atoms with van der Waals surface area (Å²) < 4.78 is 0. The van der Waals surface area contributed by atoms with Gasteiger partial charge in [0, 0.05) is 19.4 Å². The van der Waals surface area contributed by atoms with E-state index in [0.717, 1.165) is 24.8 Å². The number of rotatable bonds is 10. The van der Waals surface area contributed by atoms with Gasteiger partial charge >= 0.3 is 5.97 Å². The summed E-state index contributed by atoms with van der Waals surface area (Å²) in [4.78, 5) is 25.7. The summed E-state index contributed by atoms with van der Waals surface area (Å²) in [5.74, 6) is -0.545. The Balaban J connectivity index is 3.13. The van der Waals surface area contributed by atoms with Gasteiger partial charge in [0.2, 0.25) is 5.91 Å². The summed E-state index contributed by atoms with van der Waals surface area (Å²) in [7, 11) is 0. The van der Waals surface area contributed by atoms with E-state index in [0.29, 0.717) is 30.3 Å². The molecule has 3 N–H and O–H groups in total. The fourth-order valence-electron chi connectivity index (χ4n) is 3.09. The molecule has 1 amide bonds.